The normalized spacial score (nSPS) is 10.7. The second-order valence-electron chi connectivity index (χ2n) is 4.17. The minimum Gasteiger partial charge on any atom is -0.358 e. The first-order valence-corrected chi connectivity index (χ1v) is 4.92. The third kappa shape index (κ3) is 3.12. The van der Waals surface area contributed by atoms with Crippen molar-refractivity contribution in [1.82, 2.24) is 4.98 Å². The highest BCUT2D eigenvalue weighted by Gasteiger charge is 2.23. The molecule has 0 aliphatic rings. The van der Waals surface area contributed by atoms with Crippen molar-refractivity contribution in [2.75, 3.05) is 11.9 Å². The topological polar surface area (TPSA) is 118 Å². The van der Waals surface area contributed by atoms with E-state index in [1.807, 2.05) is 0 Å². The van der Waals surface area contributed by atoms with Crippen LogP contribution >= 0.6 is 0 Å². The highest BCUT2D eigenvalue weighted by atomic mass is 16.6. The average molecular weight is 235 g/mol. The van der Waals surface area contributed by atoms with Crippen LogP contribution in [0.2, 0.25) is 0 Å². The Morgan fingerprint density at radius 3 is 2.82 bits per heavy atom. The van der Waals surface area contributed by atoms with E-state index in [0.29, 0.717) is 6.54 Å². The van der Waals surface area contributed by atoms with Gasteiger partial charge in [0.2, 0.25) is 5.82 Å². The summed E-state index contributed by atoms with van der Waals surface area (Å²) in [6.07, 6.45) is 1.28. The molecule has 0 saturated carbocycles. The highest BCUT2D eigenvalue weighted by molar-refractivity contribution is 5.59. The van der Waals surface area contributed by atoms with Gasteiger partial charge in [-0.3, -0.25) is 10.1 Å². The molecule has 0 fully saturated rings. The largest absolute Gasteiger partial charge is 0.358 e. The average Bonchev–Trinajstić information content (AvgIpc) is 2.29. The number of nitrogens with zero attached hydrogens (tertiary/aromatic N) is 3. The zero-order chi connectivity index (χ0) is 13.1. The van der Waals surface area contributed by atoms with Crippen LogP contribution in [-0.4, -0.2) is 22.0 Å². The number of nitriles is 1. The van der Waals surface area contributed by atoms with Gasteiger partial charge in [-0.15, -0.1) is 0 Å². The maximum atomic E-state index is 10.8. The van der Waals surface area contributed by atoms with Gasteiger partial charge in [0.05, 0.1) is 10.5 Å². The second-order valence-corrected chi connectivity index (χ2v) is 4.17. The summed E-state index contributed by atoms with van der Waals surface area (Å²) in [4.78, 5) is 14.1. The molecule has 90 valence electrons. The Morgan fingerprint density at radius 2 is 2.35 bits per heavy atom. The van der Waals surface area contributed by atoms with E-state index in [0.717, 1.165) is 0 Å². The molecule has 17 heavy (non-hydrogen) atoms. The molecule has 0 unspecified atom stereocenters. The molecule has 1 aromatic heterocycles. The quantitative estimate of drug-likeness (QED) is 0.594. The summed E-state index contributed by atoms with van der Waals surface area (Å²) in [6.45, 7) is 3.90. The molecular formula is C10H13N5O2. The number of rotatable bonds is 4. The van der Waals surface area contributed by atoms with Gasteiger partial charge in [0, 0.05) is 24.3 Å². The van der Waals surface area contributed by atoms with Crippen molar-refractivity contribution >= 4 is 11.5 Å². The molecule has 1 heterocycles. The molecule has 3 N–H and O–H groups in total. The van der Waals surface area contributed by atoms with Crippen molar-refractivity contribution in [1.29, 1.82) is 5.26 Å². The van der Waals surface area contributed by atoms with E-state index in [1.54, 1.807) is 19.9 Å². The predicted octanol–water partition coefficient (Wildman–Crippen LogP) is 1.01. The summed E-state index contributed by atoms with van der Waals surface area (Å²) >= 11 is 0. The number of hydrogen-bond donors (Lipinski definition) is 2. The van der Waals surface area contributed by atoms with Crippen molar-refractivity contribution in [2.24, 2.45) is 5.73 Å². The van der Waals surface area contributed by atoms with Crippen LogP contribution in [0.3, 0.4) is 0 Å². The molecule has 0 aromatic carbocycles. The van der Waals surface area contributed by atoms with Gasteiger partial charge in [-0.25, -0.2) is 4.98 Å². The van der Waals surface area contributed by atoms with Crippen LogP contribution in [0.5, 0.6) is 0 Å². The van der Waals surface area contributed by atoms with Crippen LogP contribution in [0.25, 0.3) is 0 Å². The Balaban J connectivity index is 3.17. The summed E-state index contributed by atoms with van der Waals surface area (Å²) in [5.41, 5.74) is 4.93. The molecular weight excluding hydrogens is 222 g/mol. The summed E-state index contributed by atoms with van der Waals surface area (Å²) in [5.74, 6) is 0.115. The zero-order valence-corrected chi connectivity index (χ0v) is 9.60. The van der Waals surface area contributed by atoms with E-state index >= 15 is 0 Å². The van der Waals surface area contributed by atoms with E-state index in [1.165, 1.54) is 12.3 Å². The van der Waals surface area contributed by atoms with Gasteiger partial charge < -0.3 is 11.1 Å². The number of pyridine rings is 1. The van der Waals surface area contributed by atoms with Gasteiger partial charge in [-0.05, 0) is 13.8 Å². The molecule has 0 amide bonds. The fraction of sp³-hybridized carbons (Fsp3) is 0.400. The zero-order valence-electron chi connectivity index (χ0n) is 9.60. The monoisotopic (exact) mass is 235 g/mol. The lowest BCUT2D eigenvalue weighted by molar-refractivity contribution is -0.384. The predicted molar refractivity (Wildman–Crippen MR) is 62.4 cm³/mol. The Morgan fingerprint density at radius 1 is 1.71 bits per heavy atom. The van der Waals surface area contributed by atoms with Crippen LogP contribution in [0.4, 0.5) is 11.5 Å². The van der Waals surface area contributed by atoms with E-state index in [2.05, 4.69) is 10.3 Å². The van der Waals surface area contributed by atoms with E-state index in [-0.39, 0.29) is 17.1 Å². The Labute approximate surface area is 98.4 Å². The lowest BCUT2D eigenvalue weighted by Gasteiger charge is -2.24. The minimum atomic E-state index is -0.581. The lowest BCUT2D eigenvalue weighted by atomic mass is 10.1. The molecule has 0 aliphatic heterocycles. The standard InChI is InChI=1S/C10H13N5O2/c1-10(2,6-12)14-9-8(15(16)17)3-7(4-11)5-13-9/h3,5H,6,12H2,1-2H3,(H,13,14). The van der Waals surface area contributed by atoms with E-state index in [9.17, 15) is 10.1 Å². The number of hydrogen-bond acceptors (Lipinski definition) is 6. The fourth-order valence-corrected chi connectivity index (χ4v) is 1.12. The first-order valence-electron chi connectivity index (χ1n) is 4.92. The van der Waals surface area contributed by atoms with E-state index in [4.69, 9.17) is 11.0 Å². The molecule has 1 aromatic rings. The molecule has 7 nitrogen and oxygen atoms in total. The molecule has 7 heteroatoms. The number of nitrogens with one attached hydrogen (secondary N) is 1. The third-order valence-electron chi connectivity index (χ3n) is 2.16. The van der Waals surface area contributed by atoms with Crippen molar-refractivity contribution in [2.45, 2.75) is 19.4 Å². The van der Waals surface area contributed by atoms with Crippen LogP contribution < -0.4 is 11.1 Å². The minimum absolute atomic E-state index is 0.115. The van der Waals surface area contributed by atoms with Crippen molar-refractivity contribution < 1.29 is 4.92 Å². The lowest BCUT2D eigenvalue weighted by Crippen LogP contribution is -2.39. The number of anilines is 1. The maximum absolute atomic E-state index is 10.8. The first kappa shape index (κ1) is 12.9. The molecule has 1 rings (SSSR count). The number of nitrogens with two attached hydrogens (primary N) is 1. The summed E-state index contributed by atoms with van der Waals surface area (Å²) < 4.78 is 0. The van der Waals surface area contributed by atoms with Gasteiger partial charge in [0.15, 0.2) is 0 Å². The number of nitro groups is 1. The Bertz CT molecular complexity index is 478. The third-order valence-corrected chi connectivity index (χ3v) is 2.16. The molecule has 0 spiro atoms. The van der Waals surface area contributed by atoms with Crippen LogP contribution in [0, 0.1) is 21.4 Å². The van der Waals surface area contributed by atoms with Gasteiger partial charge in [-0.1, -0.05) is 0 Å². The second kappa shape index (κ2) is 4.76. The fourth-order valence-electron chi connectivity index (χ4n) is 1.12. The molecule has 0 atom stereocenters. The smallest absolute Gasteiger partial charge is 0.312 e. The summed E-state index contributed by atoms with van der Waals surface area (Å²) in [7, 11) is 0. The van der Waals surface area contributed by atoms with E-state index < -0.39 is 10.5 Å². The maximum Gasteiger partial charge on any atom is 0.312 e. The molecule has 0 saturated heterocycles. The van der Waals surface area contributed by atoms with Crippen molar-refractivity contribution in [3.8, 4) is 6.07 Å². The Kier molecular flexibility index (Phi) is 3.60. The molecule has 0 aliphatic carbocycles. The van der Waals surface area contributed by atoms with Crippen LogP contribution in [0.1, 0.15) is 19.4 Å². The first-order chi connectivity index (χ1) is 7.89. The molecule has 0 bridgehead atoms. The summed E-state index contributed by atoms with van der Waals surface area (Å²) in [6, 6.07) is 2.99. The number of aromatic nitrogens is 1. The van der Waals surface area contributed by atoms with Crippen molar-refractivity contribution in [3.63, 3.8) is 0 Å². The Hall–Kier alpha value is -2.20. The van der Waals surface area contributed by atoms with Crippen LogP contribution in [-0.2, 0) is 0 Å². The van der Waals surface area contributed by atoms with Gasteiger partial charge in [0.1, 0.15) is 6.07 Å². The molecule has 0 radical (unpaired) electrons. The van der Waals surface area contributed by atoms with Gasteiger partial charge in [-0.2, -0.15) is 5.26 Å². The van der Waals surface area contributed by atoms with Crippen LogP contribution in [0.15, 0.2) is 12.3 Å². The SMILES string of the molecule is CC(C)(CN)Nc1ncc(C#N)cc1[N+](=O)[O-]. The highest BCUT2D eigenvalue weighted by Crippen LogP contribution is 2.25. The van der Waals surface area contributed by atoms with Gasteiger partial charge in [0.25, 0.3) is 0 Å². The summed E-state index contributed by atoms with van der Waals surface area (Å²) in [5, 5.41) is 22.4. The van der Waals surface area contributed by atoms with Gasteiger partial charge >= 0.3 is 5.69 Å². The van der Waals surface area contributed by atoms with Crippen molar-refractivity contribution in [3.05, 3.63) is 27.9 Å².